The Bertz CT molecular complexity index is 832. The van der Waals surface area contributed by atoms with Crippen molar-refractivity contribution in [3.63, 3.8) is 0 Å². The Morgan fingerprint density at radius 2 is 1.18 bits per heavy atom. The van der Waals surface area contributed by atoms with Gasteiger partial charge in [-0.1, -0.05) is 106 Å². The van der Waals surface area contributed by atoms with Crippen LogP contribution < -0.4 is 15.9 Å². The van der Waals surface area contributed by atoms with E-state index in [0.717, 1.165) is 10.9 Å². The van der Waals surface area contributed by atoms with E-state index in [4.69, 9.17) is 0 Å². The van der Waals surface area contributed by atoms with Crippen molar-refractivity contribution in [3.05, 3.63) is 90.5 Å². The van der Waals surface area contributed by atoms with Gasteiger partial charge in [-0.15, -0.1) is 0 Å². The van der Waals surface area contributed by atoms with Gasteiger partial charge >= 0.3 is 0 Å². The Morgan fingerprint density at radius 1 is 0.714 bits per heavy atom. The zero-order chi connectivity index (χ0) is 20.1. The Balaban J connectivity index is 2.05. The van der Waals surface area contributed by atoms with Crippen molar-refractivity contribution in [3.8, 4) is 0 Å². The quantitative estimate of drug-likeness (QED) is 0.615. The summed E-state index contributed by atoms with van der Waals surface area (Å²) in [6.45, 7) is 5.99. The molecule has 2 N–H and O–H groups in total. The van der Waals surface area contributed by atoms with Crippen LogP contribution in [-0.4, -0.2) is 16.3 Å². The van der Waals surface area contributed by atoms with Crippen LogP contribution in [-0.2, 0) is 0 Å². The number of hydrogen-bond acceptors (Lipinski definition) is 2. The van der Waals surface area contributed by atoms with Crippen LogP contribution >= 0.6 is 7.92 Å². The molecule has 0 bridgehead atoms. The zero-order valence-corrected chi connectivity index (χ0v) is 17.7. The summed E-state index contributed by atoms with van der Waals surface area (Å²) in [6, 6.07) is 29.1. The molecule has 28 heavy (non-hydrogen) atoms. The lowest BCUT2D eigenvalue weighted by molar-refractivity contribution is 0.0133. The van der Waals surface area contributed by atoms with E-state index in [9.17, 15) is 10.2 Å². The molecule has 0 saturated carbocycles. The molecule has 0 aliphatic carbocycles. The van der Waals surface area contributed by atoms with Crippen molar-refractivity contribution in [1.82, 2.24) is 0 Å². The second-order valence-corrected chi connectivity index (χ2v) is 10.4. The molecule has 146 valence electrons. The maximum atomic E-state index is 11.0. The maximum Gasteiger partial charge on any atom is 0.0821 e. The van der Waals surface area contributed by atoms with Crippen LogP contribution in [0.4, 0.5) is 0 Å². The Hall–Kier alpha value is -1.99. The van der Waals surface area contributed by atoms with Crippen LogP contribution in [0.25, 0.3) is 0 Å². The molecule has 0 saturated heterocycles. The molecule has 2 atom stereocenters. The fourth-order valence-corrected chi connectivity index (χ4v) is 5.76. The second kappa shape index (κ2) is 9.01. The van der Waals surface area contributed by atoms with Crippen molar-refractivity contribution in [2.75, 3.05) is 0 Å². The van der Waals surface area contributed by atoms with Crippen LogP contribution in [0.15, 0.2) is 84.9 Å². The van der Waals surface area contributed by atoms with E-state index < -0.39 is 20.1 Å². The third-order valence-corrected chi connectivity index (χ3v) is 7.53. The van der Waals surface area contributed by atoms with Gasteiger partial charge in [0.1, 0.15) is 0 Å². The van der Waals surface area contributed by atoms with Crippen LogP contribution in [0.5, 0.6) is 0 Å². The number of hydrogen-bond donors (Lipinski definition) is 2. The monoisotopic (exact) mass is 392 g/mol. The average molecular weight is 392 g/mol. The SMILES string of the molecule is CC(C)(C)C(O)CC(O)c1ccccc1P(c1ccccc1)c1ccccc1. The van der Waals surface area contributed by atoms with Crippen LogP contribution in [0, 0.1) is 5.41 Å². The van der Waals surface area contributed by atoms with Crippen molar-refractivity contribution in [2.45, 2.75) is 39.4 Å². The van der Waals surface area contributed by atoms with E-state index in [2.05, 4.69) is 54.6 Å². The zero-order valence-electron chi connectivity index (χ0n) is 16.8. The van der Waals surface area contributed by atoms with Crippen LogP contribution in [0.3, 0.4) is 0 Å². The van der Waals surface area contributed by atoms with E-state index in [0.29, 0.717) is 6.42 Å². The Labute approximate surface area is 169 Å². The lowest BCUT2D eigenvalue weighted by Crippen LogP contribution is -2.30. The van der Waals surface area contributed by atoms with Crippen molar-refractivity contribution in [2.24, 2.45) is 5.41 Å². The van der Waals surface area contributed by atoms with E-state index in [-0.39, 0.29) is 5.41 Å². The summed E-state index contributed by atoms with van der Waals surface area (Å²) in [5.41, 5.74) is 0.643. The Morgan fingerprint density at radius 3 is 1.68 bits per heavy atom. The highest BCUT2D eigenvalue weighted by molar-refractivity contribution is 7.79. The van der Waals surface area contributed by atoms with Gasteiger partial charge in [-0.2, -0.15) is 0 Å². The smallest absolute Gasteiger partial charge is 0.0821 e. The highest BCUT2D eigenvalue weighted by Crippen LogP contribution is 2.37. The Kier molecular flexibility index (Phi) is 6.67. The third-order valence-electron chi connectivity index (χ3n) is 5.01. The molecule has 3 aromatic rings. The van der Waals surface area contributed by atoms with E-state index >= 15 is 0 Å². The van der Waals surface area contributed by atoms with E-state index in [1.165, 1.54) is 10.6 Å². The highest BCUT2D eigenvalue weighted by Gasteiger charge is 2.28. The summed E-state index contributed by atoms with van der Waals surface area (Å²) in [6.07, 6.45) is -0.953. The fourth-order valence-electron chi connectivity index (χ4n) is 3.25. The van der Waals surface area contributed by atoms with Gasteiger partial charge in [0, 0.05) is 6.42 Å². The molecule has 0 aliphatic rings. The predicted molar refractivity (Wildman–Crippen MR) is 120 cm³/mol. The number of aliphatic hydroxyl groups is 2. The molecule has 3 rings (SSSR count). The minimum absolute atomic E-state index is 0.264. The van der Waals surface area contributed by atoms with Crippen molar-refractivity contribution >= 4 is 23.8 Å². The van der Waals surface area contributed by atoms with Crippen molar-refractivity contribution < 1.29 is 10.2 Å². The lowest BCUT2D eigenvalue weighted by atomic mass is 9.85. The molecule has 0 spiro atoms. The first kappa shape index (κ1) is 20.7. The number of benzene rings is 3. The van der Waals surface area contributed by atoms with Gasteiger partial charge in [0.2, 0.25) is 0 Å². The average Bonchev–Trinajstić information content (AvgIpc) is 2.69. The summed E-state index contributed by atoms with van der Waals surface area (Å²) in [4.78, 5) is 0. The summed E-state index contributed by atoms with van der Waals surface area (Å²) in [7, 11) is -0.794. The summed E-state index contributed by atoms with van der Waals surface area (Å²) >= 11 is 0. The largest absolute Gasteiger partial charge is 0.392 e. The first-order chi connectivity index (χ1) is 13.4. The molecule has 0 heterocycles. The summed E-state index contributed by atoms with van der Waals surface area (Å²) in [5.74, 6) is 0. The molecular formula is C25H29O2P. The molecule has 2 nitrogen and oxygen atoms in total. The normalized spacial score (nSPS) is 14.1. The number of aliphatic hydroxyl groups excluding tert-OH is 2. The highest BCUT2D eigenvalue weighted by atomic mass is 31.1. The molecule has 3 heteroatoms. The van der Waals surface area contributed by atoms with Gasteiger partial charge in [-0.05, 0) is 34.8 Å². The van der Waals surface area contributed by atoms with Gasteiger partial charge in [-0.25, -0.2) is 0 Å². The predicted octanol–water partition coefficient (Wildman–Crippen LogP) is 4.28. The summed E-state index contributed by atoms with van der Waals surface area (Å²) < 4.78 is 0. The minimum Gasteiger partial charge on any atom is -0.392 e. The molecule has 0 amide bonds. The molecule has 2 unspecified atom stereocenters. The third kappa shape index (κ3) is 4.89. The van der Waals surface area contributed by atoms with Gasteiger partial charge < -0.3 is 10.2 Å². The lowest BCUT2D eigenvalue weighted by Gasteiger charge is -2.29. The minimum atomic E-state index is -0.794. The van der Waals surface area contributed by atoms with Gasteiger partial charge in [0.05, 0.1) is 12.2 Å². The fraction of sp³-hybridized carbons (Fsp3) is 0.280. The molecular weight excluding hydrogens is 363 g/mol. The van der Waals surface area contributed by atoms with E-state index in [1.54, 1.807) is 0 Å². The van der Waals surface area contributed by atoms with Gasteiger partial charge in [0.15, 0.2) is 0 Å². The number of rotatable bonds is 6. The molecule has 3 aromatic carbocycles. The standard InChI is InChI=1S/C25H29O2P/c1-25(2,3)24(27)18-22(26)21-16-10-11-17-23(21)28(19-12-6-4-7-13-19)20-14-8-5-9-15-20/h4-17,22,24,26-27H,18H2,1-3H3. The first-order valence-electron chi connectivity index (χ1n) is 9.73. The van der Waals surface area contributed by atoms with Crippen molar-refractivity contribution in [1.29, 1.82) is 0 Å². The topological polar surface area (TPSA) is 40.5 Å². The van der Waals surface area contributed by atoms with Crippen LogP contribution in [0.1, 0.15) is 38.9 Å². The molecule has 0 radical (unpaired) electrons. The van der Waals surface area contributed by atoms with Crippen LogP contribution in [0.2, 0.25) is 0 Å². The first-order valence-corrected chi connectivity index (χ1v) is 11.1. The molecule has 0 aliphatic heterocycles. The molecule has 0 aromatic heterocycles. The summed E-state index contributed by atoms with van der Waals surface area (Å²) in [5, 5.41) is 25.2. The maximum absolute atomic E-state index is 11.0. The van der Waals surface area contributed by atoms with Gasteiger partial charge in [0.25, 0.3) is 0 Å². The van der Waals surface area contributed by atoms with Gasteiger partial charge in [-0.3, -0.25) is 0 Å². The molecule has 0 fully saturated rings. The van der Waals surface area contributed by atoms with E-state index in [1.807, 2.05) is 51.1 Å². The second-order valence-electron chi connectivity index (χ2n) is 8.20.